The van der Waals surface area contributed by atoms with E-state index < -0.39 is 0 Å². The number of fused-ring (bicyclic) bond motifs is 1. The standard InChI is InChI=1S/C26H20Cl2N4O2/c1-16-13-22(30-32(16)21-10-8-19(27)9-11-21)24-17(2)29-25-23(7-4-12-31(25)26(24)33)34-15-18-5-3-6-20(28)14-18/h3-14H,15H2,1-2H3. The first kappa shape index (κ1) is 22.2. The normalized spacial score (nSPS) is 11.2. The first-order valence-electron chi connectivity index (χ1n) is 10.6. The van der Waals surface area contributed by atoms with Gasteiger partial charge in [0.05, 0.1) is 16.9 Å². The second-order valence-corrected chi connectivity index (χ2v) is 8.79. The Balaban J connectivity index is 1.55. The van der Waals surface area contributed by atoms with E-state index in [0.29, 0.717) is 45.0 Å². The van der Waals surface area contributed by atoms with E-state index in [1.54, 1.807) is 42.1 Å². The van der Waals surface area contributed by atoms with Crippen molar-refractivity contribution in [1.82, 2.24) is 19.2 Å². The number of nitrogens with zero attached hydrogens (tertiary/aromatic N) is 4. The maximum Gasteiger partial charge on any atom is 0.267 e. The zero-order chi connectivity index (χ0) is 23.8. The molecule has 0 aliphatic rings. The topological polar surface area (TPSA) is 61.4 Å². The molecule has 34 heavy (non-hydrogen) atoms. The van der Waals surface area contributed by atoms with E-state index >= 15 is 0 Å². The summed E-state index contributed by atoms with van der Waals surface area (Å²) < 4.78 is 9.27. The van der Waals surface area contributed by atoms with Crippen LogP contribution in [0.15, 0.2) is 77.7 Å². The van der Waals surface area contributed by atoms with Crippen LogP contribution in [0.25, 0.3) is 22.6 Å². The molecule has 0 spiro atoms. The Bertz CT molecular complexity index is 1570. The van der Waals surface area contributed by atoms with E-state index in [9.17, 15) is 4.79 Å². The highest BCUT2D eigenvalue weighted by Gasteiger charge is 2.18. The molecule has 0 aliphatic heterocycles. The van der Waals surface area contributed by atoms with Gasteiger partial charge in [-0.25, -0.2) is 9.67 Å². The van der Waals surface area contributed by atoms with Crippen LogP contribution in [0.1, 0.15) is 17.0 Å². The number of benzene rings is 2. The maximum absolute atomic E-state index is 13.5. The molecule has 3 heterocycles. The van der Waals surface area contributed by atoms with E-state index in [2.05, 4.69) is 0 Å². The lowest BCUT2D eigenvalue weighted by molar-refractivity contribution is 0.308. The van der Waals surface area contributed by atoms with Gasteiger partial charge >= 0.3 is 0 Å². The van der Waals surface area contributed by atoms with Gasteiger partial charge in [-0.2, -0.15) is 5.10 Å². The highest BCUT2D eigenvalue weighted by molar-refractivity contribution is 6.30. The molecule has 0 unspecified atom stereocenters. The van der Waals surface area contributed by atoms with Crippen molar-refractivity contribution in [3.05, 3.63) is 110 Å². The summed E-state index contributed by atoms with van der Waals surface area (Å²) in [7, 11) is 0. The van der Waals surface area contributed by atoms with Gasteiger partial charge in [-0.15, -0.1) is 0 Å². The molecule has 0 atom stereocenters. The molecule has 0 radical (unpaired) electrons. The highest BCUT2D eigenvalue weighted by Crippen LogP contribution is 2.25. The molecular weight excluding hydrogens is 471 g/mol. The van der Waals surface area contributed by atoms with Crippen molar-refractivity contribution >= 4 is 28.8 Å². The summed E-state index contributed by atoms with van der Waals surface area (Å²) in [5, 5.41) is 5.98. The lowest BCUT2D eigenvalue weighted by Crippen LogP contribution is -2.19. The van der Waals surface area contributed by atoms with E-state index in [0.717, 1.165) is 16.9 Å². The minimum Gasteiger partial charge on any atom is -0.485 e. The van der Waals surface area contributed by atoms with Crippen molar-refractivity contribution in [1.29, 1.82) is 0 Å². The number of hydrogen-bond acceptors (Lipinski definition) is 4. The smallest absolute Gasteiger partial charge is 0.267 e. The predicted octanol–water partition coefficient (Wildman–Crippen LogP) is 6.05. The van der Waals surface area contributed by atoms with Crippen molar-refractivity contribution in [3.63, 3.8) is 0 Å². The fourth-order valence-corrected chi connectivity index (χ4v) is 4.22. The lowest BCUT2D eigenvalue weighted by Gasteiger charge is -2.12. The minimum atomic E-state index is -0.212. The number of halogens is 2. The van der Waals surface area contributed by atoms with Crippen molar-refractivity contribution in [2.24, 2.45) is 0 Å². The molecule has 0 aliphatic carbocycles. The molecule has 0 saturated heterocycles. The van der Waals surface area contributed by atoms with Gasteiger partial charge in [0.25, 0.3) is 5.56 Å². The van der Waals surface area contributed by atoms with Crippen LogP contribution in [-0.4, -0.2) is 19.2 Å². The van der Waals surface area contributed by atoms with Crippen LogP contribution >= 0.6 is 23.2 Å². The van der Waals surface area contributed by atoms with E-state index in [1.165, 1.54) is 4.40 Å². The van der Waals surface area contributed by atoms with Crippen molar-refractivity contribution < 1.29 is 4.74 Å². The van der Waals surface area contributed by atoms with Crippen molar-refractivity contribution in [2.45, 2.75) is 20.5 Å². The minimum absolute atomic E-state index is 0.212. The third-order valence-electron chi connectivity index (χ3n) is 5.50. The molecule has 0 bridgehead atoms. The zero-order valence-electron chi connectivity index (χ0n) is 18.5. The van der Waals surface area contributed by atoms with Crippen LogP contribution in [-0.2, 0) is 6.61 Å². The van der Waals surface area contributed by atoms with Crippen LogP contribution in [0, 0.1) is 13.8 Å². The summed E-state index contributed by atoms with van der Waals surface area (Å²) in [5.41, 5.74) is 4.48. The van der Waals surface area contributed by atoms with E-state index in [-0.39, 0.29) is 5.56 Å². The van der Waals surface area contributed by atoms with Crippen molar-refractivity contribution in [3.8, 4) is 22.7 Å². The van der Waals surface area contributed by atoms with Crippen LogP contribution in [0.5, 0.6) is 5.75 Å². The summed E-state index contributed by atoms with van der Waals surface area (Å²) in [6.45, 7) is 4.05. The SMILES string of the molecule is Cc1nc2c(OCc3cccc(Cl)c3)cccn2c(=O)c1-c1cc(C)n(-c2ccc(Cl)cc2)n1. The third-order valence-corrected chi connectivity index (χ3v) is 5.98. The predicted molar refractivity (Wildman–Crippen MR) is 134 cm³/mol. The summed E-state index contributed by atoms with van der Waals surface area (Å²) >= 11 is 12.1. The maximum atomic E-state index is 13.5. The van der Waals surface area contributed by atoms with Gasteiger partial charge in [0.1, 0.15) is 12.3 Å². The van der Waals surface area contributed by atoms with Gasteiger partial charge in [-0.05, 0) is 74.0 Å². The van der Waals surface area contributed by atoms with E-state index in [1.807, 2.05) is 49.4 Å². The Kier molecular flexibility index (Phi) is 5.86. The fourth-order valence-electron chi connectivity index (χ4n) is 3.88. The summed E-state index contributed by atoms with van der Waals surface area (Å²) in [6.07, 6.45) is 1.68. The number of rotatable bonds is 5. The summed E-state index contributed by atoms with van der Waals surface area (Å²) in [6, 6.07) is 20.3. The largest absolute Gasteiger partial charge is 0.485 e. The Morgan fingerprint density at radius 2 is 1.74 bits per heavy atom. The third kappa shape index (κ3) is 4.18. The van der Waals surface area contributed by atoms with Gasteiger partial charge < -0.3 is 4.74 Å². The quantitative estimate of drug-likeness (QED) is 0.300. The first-order chi connectivity index (χ1) is 16.4. The van der Waals surface area contributed by atoms with Gasteiger partial charge in [0.2, 0.25) is 0 Å². The molecular formula is C26H20Cl2N4O2. The molecule has 6 nitrogen and oxygen atoms in total. The molecule has 0 fully saturated rings. The monoisotopic (exact) mass is 490 g/mol. The van der Waals surface area contributed by atoms with Crippen molar-refractivity contribution in [2.75, 3.05) is 0 Å². The van der Waals surface area contributed by atoms with Crippen LogP contribution < -0.4 is 10.3 Å². The first-order valence-corrected chi connectivity index (χ1v) is 11.4. The Morgan fingerprint density at radius 1 is 0.941 bits per heavy atom. The van der Waals surface area contributed by atoms with E-state index in [4.69, 9.17) is 38.0 Å². The highest BCUT2D eigenvalue weighted by atomic mass is 35.5. The molecule has 170 valence electrons. The number of aromatic nitrogens is 4. The molecule has 8 heteroatoms. The Morgan fingerprint density at radius 3 is 2.50 bits per heavy atom. The molecule has 3 aromatic heterocycles. The lowest BCUT2D eigenvalue weighted by atomic mass is 10.1. The number of ether oxygens (including phenoxy) is 1. The van der Waals surface area contributed by atoms with Crippen LogP contribution in [0.4, 0.5) is 0 Å². The molecule has 2 aromatic carbocycles. The molecule has 0 saturated carbocycles. The zero-order valence-corrected chi connectivity index (χ0v) is 20.0. The Hall–Kier alpha value is -3.61. The average Bonchev–Trinajstić information content (AvgIpc) is 3.19. The van der Waals surface area contributed by atoms with Gasteiger partial charge in [0, 0.05) is 21.9 Å². The van der Waals surface area contributed by atoms with Crippen LogP contribution in [0.3, 0.4) is 0 Å². The molecule has 0 amide bonds. The number of aryl methyl sites for hydroxylation is 2. The van der Waals surface area contributed by atoms with Gasteiger partial charge in [-0.1, -0.05) is 35.3 Å². The second-order valence-electron chi connectivity index (χ2n) is 7.92. The van der Waals surface area contributed by atoms with Gasteiger partial charge in [0.15, 0.2) is 11.4 Å². The van der Waals surface area contributed by atoms with Gasteiger partial charge in [-0.3, -0.25) is 9.20 Å². The second kappa shape index (κ2) is 8.97. The number of pyridine rings is 1. The molecule has 0 N–H and O–H groups in total. The Labute approximate surface area is 206 Å². The van der Waals surface area contributed by atoms with Crippen LogP contribution in [0.2, 0.25) is 10.0 Å². The summed E-state index contributed by atoms with van der Waals surface area (Å²) in [5.74, 6) is 0.511. The fraction of sp³-hybridized carbons (Fsp3) is 0.115. The molecule has 5 rings (SSSR count). The average molecular weight is 491 g/mol. The molecule has 5 aromatic rings. The summed E-state index contributed by atoms with van der Waals surface area (Å²) in [4.78, 5) is 18.2. The number of hydrogen-bond donors (Lipinski definition) is 0.